The number of nitrogens with zero attached hydrogens (tertiary/aromatic N) is 3. The Balaban J connectivity index is 2.24. The lowest BCUT2D eigenvalue weighted by molar-refractivity contribution is -0.385. The van der Waals surface area contributed by atoms with Gasteiger partial charge in [-0.3, -0.25) is 20.2 Å². The zero-order valence-corrected chi connectivity index (χ0v) is 12.6. The minimum atomic E-state index is -0.506. The van der Waals surface area contributed by atoms with E-state index < -0.39 is 10.8 Å². The smallest absolute Gasteiger partial charge is 0.273 e. The van der Waals surface area contributed by atoms with Gasteiger partial charge >= 0.3 is 0 Å². The fourth-order valence-corrected chi connectivity index (χ4v) is 2.49. The van der Waals surface area contributed by atoms with E-state index in [2.05, 4.69) is 15.5 Å². The Morgan fingerprint density at radius 2 is 2.10 bits per heavy atom. The lowest BCUT2D eigenvalue weighted by Crippen LogP contribution is -2.14. The summed E-state index contributed by atoms with van der Waals surface area (Å²) in [6, 6.07) is 4.40. The maximum Gasteiger partial charge on any atom is 0.273 e. The highest BCUT2D eigenvalue weighted by atomic mass is 32.1. The molecule has 0 saturated heterocycles. The molecule has 1 amide bonds. The number of nitrogens with one attached hydrogen (secondary N) is 1. The second-order valence-electron chi connectivity index (χ2n) is 4.76. The van der Waals surface area contributed by atoms with Crippen molar-refractivity contribution in [2.45, 2.75) is 26.7 Å². The molecule has 0 fully saturated rings. The summed E-state index contributed by atoms with van der Waals surface area (Å²) in [4.78, 5) is 22.6. The SMILES string of the molecule is Cc1c(C(=O)Nc2nnc(C(C)C)s2)cccc1[N+](=O)[O-]. The number of hydrogen-bond donors (Lipinski definition) is 1. The number of anilines is 1. The molecule has 0 bridgehead atoms. The summed E-state index contributed by atoms with van der Waals surface area (Å²) in [6.45, 7) is 5.51. The zero-order chi connectivity index (χ0) is 15.6. The Morgan fingerprint density at radius 3 is 2.67 bits per heavy atom. The number of rotatable bonds is 4. The van der Waals surface area contributed by atoms with Crippen molar-refractivity contribution in [2.24, 2.45) is 0 Å². The van der Waals surface area contributed by atoms with E-state index in [4.69, 9.17) is 0 Å². The molecule has 1 heterocycles. The van der Waals surface area contributed by atoms with Crippen molar-refractivity contribution in [1.29, 1.82) is 0 Å². The van der Waals surface area contributed by atoms with Crippen LogP contribution in [0.2, 0.25) is 0 Å². The van der Waals surface area contributed by atoms with Crippen molar-refractivity contribution in [3.8, 4) is 0 Å². The van der Waals surface area contributed by atoms with Crippen LogP contribution in [0, 0.1) is 17.0 Å². The summed E-state index contributed by atoms with van der Waals surface area (Å²) in [6.07, 6.45) is 0. The second kappa shape index (κ2) is 5.96. The van der Waals surface area contributed by atoms with E-state index in [9.17, 15) is 14.9 Å². The summed E-state index contributed by atoms with van der Waals surface area (Å²) >= 11 is 1.29. The average Bonchev–Trinajstić information content (AvgIpc) is 2.87. The van der Waals surface area contributed by atoms with Gasteiger partial charge in [0.05, 0.1) is 4.92 Å². The summed E-state index contributed by atoms with van der Waals surface area (Å²) < 4.78 is 0. The molecule has 1 aromatic carbocycles. The Bertz CT molecular complexity index is 696. The summed E-state index contributed by atoms with van der Waals surface area (Å²) in [7, 11) is 0. The molecule has 0 aliphatic rings. The lowest BCUT2D eigenvalue weighted by atomic mass is 10.1. The fraction of sp³-hybridized carbons (Fsp3) is 0.308. The molecular weight excluding hydrogens is 292 g/mol. The first-order valence-electron chi connectivity index (χ1n) is 6.29. The molecule has 0 aliphatic carbocycles. The molecule has 8 heteroatoms. The number of amides is 1. The Hall–Kier alpha value is -2.35. The van der Waals surface area contributed by atoms with Gasteiger partial charge in [0.1, 0.15) is 5.01 Å². The van der Waals surface area contributed by atoms with Crippen LogP contribution in [0.25, 0.3) is 0 Å². The molecule has 2 aromatic rings. The summed E-state index contributed by atoms with van der Waals surface area (Å²) in [5, 5.41) is 22.6. The van der Waals surface area contributed by atoms with E-state index >= 15 is 0 Å². The van der Waals surface area contributed by atoms with Gasteiger partial charge in [0.2, 0.25) is 5.13 Å². The van der Waals surface area contributed by atoms with Gasteiger partial charge in [0.25, 0.3) is 11.6 Å². The molecule has 0 spiro atoms. The first kappa shape index (κ1) is 15.0. The van der Waals surface area contributed by atoms with Gasteiger partial charge in [-0.15, -0.1) is 10.2 Å². The number of nitro benzene ring substituents is 1. The predicted octanol–water partition coefficient (Wildman–Crippen LogP) is 3.13. The molecule has 0 saturated carbocycles. The van der Waals surface area contributed by atoms with Gasteiger partial charge in [-0.2, -0.15) is 0 Å². The van der Waals surface area contributed by atoms with Gasteiger partial charge in [0, 0.05) is 23.1 Å². The fourth-order valence-electron chi connectivity index (χ4n) is 1.75. The maximum atomic E-state index is 12.2. The molecule has 7 nitrogen and oxygen atoms in total. The van der Waals surface area contributed by atoms with E-state index in [-0.39, 0.29) is 17.2 Å². The Kier molecular flexibility index (Phi) is 4.27. The molecule has 0 aliphatic heterocycles. The Morgan fingerprint density at radius 1 is 1.38 bits per heavy atom. The molecule has 21 heavy (non-hydrogen) atoms. The van der Waals surface area contributed by atoms with Gasteiger partial charge in [-0.1, -0.05) is 31.3 Å². The van der Waals surface area contributed by atoms with Crippen LogP contribution in [-0.4, -0.2) is 21.0 Å². The summed E-state index contributed by atoms with van der Waals surface area (Å²) in [5.41, 5.74) is 0.502. The average molecular weight is 306 g/mol. The van der Waals surface area contributed by atoms with Crippen molar-refractivity contribution in [3.63, 3.8) is 0 Å². The van der Waals surface area contributed by atoms with E-state index in [1.165, 1.54) is 23.5 Å². The maximum absolute atomic E-state index is 12.2. The highest BCUT2D eigenvalue weighted by Gasteiger charge is 2.19. The van der Waals surface area contributed by atoms with Crippen LogP contribution in [0.15, 0.2) is 18.2 Å². The number of carbonyl (C=O) groups is 1. The second-order valence-corrected chi connectivity index (χ2v) is 5.77. The normalized spacial score (nSPS) is 10.7. The molecule has 0 atom stereocenters. The highest BCUT2D eigenvalue weighted by Crippen LogP contribution is 2.25. The van der Waals surface area contributed by atoms with Crippen LogP contribution in [-0.2, 0) is 0 Å². The monoisotopic (exact) mass is 306 g/mol. The number of hydrogen-bond acceptors (Lipinski definition) is 6. The first-order valence-corrected chi connectivity index (χ1v) is 7.10. The van der Waals surface area contributed by atoms with Crippen LogP contribution < -0.4 is 5.32 Å². The highest BCUT2D eigenvalue weighted by molar-refractivity contribution is 7.15. The third-order valence-electron chi connectivity index (χ3n) is 2.90. The van der Waals surface area contributed by atoms with Crippen molar-refractivity contribution in [3.05, 3.63) is 44.4 Å². The number of aromatic nitrogens is 2. The van der Waals surface area contributed by atoms with Crippen LogP contribution >= 0.6 is 11.3 Å². The van der Waals surface area contributed by atoms with Gasteiger partial charge in [0.15, 0.2) is 0 Å². The van der Waals surface area contributed by atoms with E-state index in [1.807, 2.05) is 13.8 Å². The zero-order valence-electron chi connectivity index (χ0n) is 11.8. The van der Waals surface area contributed by atoms with E-state index in [0.29, 0.717) is 10.7 Å². The molecular formula is C13H14N4O3S. The van der Waals surface area contributed by atoms with Gasteiger partial charge < -0.3 is 0 Å². The number of nitro groups is 1. The first-order chi connectivity index (χ1) is 9.90. The van der Waals surface area contributed by atoms with Crippen LogP contribution in [0.5, 0.6) is 0 Å². The third kappa shape index (κ3) is 3.22. The minimum absolute atomic E-state index is 0.0808. The quantitative estimate of drug-likeness (QED) is 0.691. The third-order valence-corrected chi connectivity index (χ3v) is 4.04. The van der Waals surface area contributed by atoms with Crippen molar-refractivity contribution in [2.75, 3.05) is 5.32 Å². The predicted molar refractivity (Wildman–Crippen MR) is 79.8 cm³/mol. The lowest BCUT2D eigenvalue weighted by Gasteiger charge is -2.05. The van der Waals surface area contributed by atoms with E-state index in [0.717, 1.165) is 5.01 Å². The van der Waals surface area contributed by atoms with Crippen molar-refractivity contribution < 1.29 is 9.72 Å². The van der Waals surface area contributed by atoms with Crippen LogP contribution in [0.3, 0.4) is 0 Å². The van der Waals surface area contributed by atoms with E-state index in [1.54, 1.807) is 13.0 Å². The molecule has 0 radical (unpaired) electrons. The molecule has 0 unspecified atom stereocenters. The van der Waals surface area contributed by atoms with Crippen molar-refractivity contribution >= 4 is 28.1 Å². The molecule has 1 aromatic heterocycles. The van der Waals surface area contributed by atoms with Gasteiger partial charge in [-0.05, 0) is 13.0 Å². The van der Waals surface area contributed by atoms with Crippen LogP contribution in [0.4, 0.5) is 10.8 Å². The number of benzene rings is 1. The minimum Gasteiger partial charge on any atom is -0.296 e. The molecule has 2 rings (SSSR count). The largest absolute Gasteiger partial charge is 0.296 e. The molecule has 110 valence electrons. The Labute approximate surface area is 125 Å². The van der Waals surface area contributed by atoms with Crippen molar-refractivity contribution in [1.82, 2.24) is 10.2 Å². The topological polar surface area (TPSA) is 98.0 Å². The van der Waals surface area contributed by atoms with Gasteiger partial charge in [-0.25, -0.2) is 0 Å². The van der Waals surface area contributed by atoms with Crippen LogP contribution in [0.1, 0.15) is 40.7 Å². The molecule has 1 N–H and O–H groups in total. The number of carbonyl (C=O) groups excluding carboxylic acids is 1. The standard InChI is InChI=1S/C13H14N4O3S/c1-7(2)12-15-16-13(21-12)14-11(18)9-5-4-6-10(8(9)3)17(19)20/h4-7H,1-3H3,(H,14,16,18). The summed E-state index contributed by atoms with van der Waals surface area (Å²) in [5.74, 6) is -0.199.